The maximum Gasteiger partial charge on any atom is 0.410 e. The summed E-state index contributed by atoms with van der Waals surface area (Å²) in [5.41, 5.74) is 0. The van der Waals surface area contributed by atoms with Gasteiger partial charge in [0.2, 0.25) is 5.88 Å². The molecule has 0 aliphatic heterocycles. The van der Waals surface area contributed by atoms with Gasteiger partial charge in [0.1, 0.15) is 0 Å². The molecule has 6 heteroatoms. The van der Waals surface area contributed by atoms with E-state index >= 15 is 0 Å². The smallest absolute Gasteiger partial charge is 0.410 e. The molecule has 1 amide bonds. The molecule has 0 saturated carbocycles. The van der Waals surface area contributed by atoms with Crippen molar-refractivity contribution in [2.75, 3.05) is 12.4 Å². The zero-order valence-electron chi connectivity index (χ0n) is 6.31. The molecule has 0 aliphatic rings. The van der Waals surface area contributed by atoms with Gasteiger partial charge >= 0.3 is 6.09 Å². The van der Waals surface area contributed by atoms with Crippen molar-refractivity contribution in [2.24, 2.45) is 0 Å². The van der Waals surface area contributed by atoms with Gasteiger partial charge in [0.25, 0.3) is 0 Å². The van der Waals surface area contributed by atoms with E-state index in [1.54, 1.807) is 0 Å². The van der Waals surface area contributed by atoms with Crippen LogP contribution in [0.4, 0.5) is 10.6 Å². The number of methoxy groups -OCH3 is 1. The van der Waals surface area contributed by atoms with E-state index in [1.165, 1.54) is 19.5 Å². The Morgan fingerprint density at radius 2 is 2.42 bits per heavy atom. The van der Waals surface area contributed by atoms with Crippen LogP contribution in [-0.4, -0.2) is 28.3 Å². The van der Waals surface area contributed by atoms with Gasteiger partial charge in [-0.25, -0.2) is 4.79 Å². The third-order valence-corrected chi connectivity index (χ3v) is 1.06. The molecule has 1 heterocycles. The average molecular weight is 169 g/mol. The molecular formula is C6H7N3O3. The number of nitrogens with zero attached hydrogens (tertiary/aromatic N) is 2. The molecule has 1 rings (SSSR count). The zero-order chi connectivity index (χ0) is 8.97. The molecule has 6 nitrogen and oxygen atoms in total. The summed E-state index contributed by atoms with van der Waals surface area (Å²) in [4.78, 5) is 17.6. The number of amides is 1. The first-order chi connectivity index (χ1) is 5.72. The fraction of sp³-hybridized carbons (Fsp3) is 0.167. The first kappa shape index (κ1) is 8.25. The Kier molecular flexibility index (Phi) is 2.42. The lowest BCUT2D eigenvalue weighted by molar-refractivity contribution is 0.209. The van der Waals surface area contributed by atoms with Crippen molar-refractivity contribution >= 4 is 11.9 Å². The Morgan fingerprint density at radius 1 is 1.67 bits per heavy atom. The van der Waals surface area contributed by atoms with Gasteiger partial charge in [-0.2, -0.15) is 4.98 Å². The Morgan fingerprint density at radius 3 is 3.00 bits per heavy atom. The van der Waals surface area contributed by atoms with Crippen LogP contribution in [0.25, 0.3) is 0 Å². The van der Waals surface area contributed by atoms with Crippen molar-refractivity contribution in [1.29, 1.82) is 0 Å². The minimum absolute atomic E-state index is 0.141. The molecule has 1 aromatic rings. The molecule has 1 aromatic heterocycles. The first-order valence-corrected chi connectivity index (χ1v) is 3.08. The van der Waals surface area contributed by atoms with E-state index in [4.69, 9.17) is 9.84 Å². The summed E-state index contributed by atoms with van der Waals surface area (Å²) < 4.78 is 4.73. The van der Waals surface area contributed by atoms with E-state index in [2.05, 4.69) is 9.97 Å². The van der Waals surface area contributed by atoms with Crippen LogP contribution in [0.5, 0.6) is 5.88 Å². The molecule has 0 fully saturated rings. The summed E-state index contributed by atoms with van der Waals surface area (Å²) in [6, 6.07) is 0. The zero-order valence-corrected chi connectivity index (χ0v) is 6.31. The molecule has 0 radical (unpaired) electrons. The highest BCUT2D eigenvalue weighted by Gasteiger charge is 2.00. The Labute approximate surface area is 68.2 Å². The van der Waals surface area contributed by atoms with Gasteiger partial charge in [0, 0.05) is 0 Å². The maximum absolute atomic E-state index is 10.1. The lowest BCUT2D eigenvalue weighted by Crippen LogP contribution is -2.09. The van der Waals surface area contributed by atoms with E-state index in [0.29, 0.717) is 0 Å². The van der Waals surface area contributed by atoms with Crippen molar-refractivity contribution in [3.63, 3.8) is 0 Å². The average Bonchev–Trinajstić information content (AvgIpc) is 2.03. The second-order valence-electron chi connectivity index (χ2n) is 1.88. The Balaban J connectivity index is 2.79. The van der Waals surface area contributed by atoms with Crippen LogP contribution in [0.2, 0.25) is 0 Å². The van der Waals surface area contributed by atoms with Crippen LogP contribution < -0.4 is 10.1 Å². The van der Waals surface area contributed by atoms with Gasteiger partial charge < -0.3 is 9.84 Å². The van der Waals surface area contributed by atoms with Gasteiger partial charge in [-0.3, -0.25) is 10.3 Å². The second-order valence-corrected chi connectivity index (χ2v) is 1.88. The van der Waals surface area contributed by atoms with E-state index in [9.17, 15) is 4.79 Å². The van der Waals surface area contributed by atoms with Crippen LogP contribution in [0.1, 0.15) is 0 Å². The summed E-state index contributed by atoms with van der Waals surface area (Å²) in [6.07, 6.45) is 1.49. The van der Waals surface area contributed by atoms with Gasteiger partial charge in [-0.1, -0.05) is 0 Å². The SMILES string of the molecule is COc1cncc(NC(=O)O)n1. The van der Waals surface area contributed by atoms with Crippen LogP contribution in [0.15, 0.2) is 12.4 Å². The van der Waals surface area contributed by atoms with E-state index < -0.39 is 6.09 Å². The van der Waals surface area contributed by atoms with Crippen LogP contribution in [0.3, 0.4) is 0 Å². The van der Waals surface area contributed by atoms with Crippen LogP contribution in [-0.2, 0) is 0 Å². The summed E-state index contributed by atoms with van der Waals surface area (Å²) in [6.45, 7) is 0. The van der Waals surface area contributed by atoms with E-state index in [0.717, 1.165) is 0 Å². The summed E-state index contributed by atoms with van der Waals surface area (Å²) in [5.74, 6) is 0.406. The van der Waals surface area contributed by atoms with Crippen LogP contribution >= 0.6 is 0 Å². The minimum Gasteiger partial charge on any atom is -0.480 e. The molecule has 0 unspecified atom stereocenters. The van der Waals surface area contributed by atoms with Crippen molar-refractivity contribution in [1.82, 2.24) is 9.97 Å². The summed E-state index contributed by atoms with van der Waals surface area (Å²) >= 11 is 0. The number of rotatable bonds is 2. The molecule has 0 aromatic carbocycles. The van der Waals surface area contributed by atoms with Crippen molar-refractivity contribution in [2.45, 2.75) is 0 Å². The topological polar surface area (TPSA) is 84.3 Å². The fourth-order valence-corrected chi connectivity index (χ4v) is 0.616. The van der Waals surface area contributed by atoms with Crippen molar-refractivity contribution in [3.05, 3.63) is 12.4 Å². The molecule has 12 heavy (non-hydrogen) atoms. The first-order valence-electron chi connectivity index (χ1n) is 3.08. The number of carboxylic acid groups (broad SMARTS) is 1. The second kappa shape index (κ2) is 3.51. The predicted octanol–water partition coefficient (Wildman–Crippen LogP) is 0.575. The fourth-order valence-electron chi connectivity index (χ4n) is 0.616. The molecule has 0 atom stereocenters. The van der Waals surface area contributed by atoms with Gasteiger partial charge in [0.05, 0.1) is 19.5 Å². The molecule has 0 spiro atoms. The summed E-state index contributed by atoms with van der Waals surface area (Å²) in [5, 5.41) is 10.4. The molecule has 2 N–H and O–H groups in total. The highest BCUT2D eigenvalue weighted by Crippen LogP contribution is 2.07. The quantitative estimate of drug-likeness (QED) is 0.676. The third-order valence-electron chi connectivity index (χ3n) is 1.06. The van der Waals surface area contributed by atoms with Crippen molar-refractivity contribution in [3.8, 4) is 5.88 Å². The minimum atomic E-state index is -1.18. The highest BCUT2D eigenvalue weighted by molar-refractivity contribution is 5.81. The normalized spacial score (nSPS) is 9.08. The number of nitrogens with one attached hydrogen (secondary N) is 1. The summed E-state index contributed by atoms with van der Waals surface area (Å²) in [7, 11) is 1.43. The maximum atomic E-state index is 10.1. The highest BCUT2D eigenvalue weighted by atomic mass is 16.5. The monoisotopic (exact) mass is 169 g/mol. The van der Waals surface area contributed by atoms with Gasteiger partial charge in [0.15, 0.2) is 5.82 Å². The number of aromatic nitrogens is 2. The number of ether oxygens (including phenoxy) is 1. The largest absolute Gasteiger partial charge is 0.480 e. The van der Waals surface area contributed by atoms with E-state index in [1.807, 2.05) is 5.32 Å². The Bertz CT molecular complexity index is 289. The van der Waals surface area contributed by atoms with Crippen LogP contribution in [0, 0.1) is 0 Å². The lowest BCUT2D eigenvalue weighted by Gasteiger charge is -2.00. The molecule has 64 valence electrons. The Hall–Kier alpha value is -1.85. The molecule has 0 aliphatic carbocycles. The third kappa shape index (κ3) is 2.08. The van der Waals surface area contributed by atoms with E-state index in [-0.39, 0.29) is 11.7 Å². The number of anilines is 1. The molecule has 0 bridgehead atoms. The molecule has 0 saturated heterocycles. The molecular weight excluding hydrogens is 162 g/mol. The van der Waals surface area contributed by atoms with Gasteiger partial charge in [-0.15, -0.1) is 0 Å². The number of hydrogen-bond acceptors (Lipinski definition) is 4. The standard InChI is InChI=1S/C6H7N3O3/c1-12-5-3-7-2-4(8-5)9-6(10)11/h2-3H,1H3,(H,8,9)(H,10,11). The van der Waals surface area contributed by atoms with Gasteiger partial charge in [-0.05, 0) is 0 Å². The number of carbonyl (C=O) groups is 1. The predicted molar refractivity (Wildman–Crippen MR) is 40.2 cm³/mol. The van der Waals surface area contributed by atoms with Crippen molar-refractivity contribution < 1.29 is 14.6 Å². The lowest BCUT2D eigenvalue weighted by atomic mass is 10.6. The number of hydrogen-bond donors (Lipinski definition) is 2.